The molecule has 128 valence electrons. The molecule has 0 aliphatic rings. The van der Waals surface area contributed by atoms with E-state index in [0.29, 0.717) is 0 Å². The van der Waals surface area contributed by atoms with Gasteiger partial charge >= 0.3 is 17.2 Å². The van der Waals surface area contributed by atoms with Crippen LogP contribution in [0.1, 0.15) is 5.56 Å². The molecule has 0 spiro atoms. The second-order valence-corrected chi connectivity index (χ2v) is 6.52. The average molecular weight is 352 g/mol. The summed E-state index contributed by atoms with van der Waals surface area (Å²) in [5.41, 5.74) is 0.984. The van der Waals surface area contributed by atoms with Crippen LogP contribution in [-0.2, 0) is 14.9 Å². The van der Waals surface area contributed by atoms with E-state index in [0.717, 1.165) is 5.56 Å². The Morgan fingerprint density at radius 2 is 1.75 bits per heavy atom. The first kappa shape index (κ1) is 18.3. The average Bonchev–Trinajstić information content (AvgIpc) is 2.52. The van der Waals surface area contributed by atoms with Crippen LogP contribution >= 0.6 is 0 Å². The minimum atomic E-state index is -4.01. The molecule has 0 saturated heterocycles. The SMILES string of the molecule is COCOc1cc(OS(=O)(=O)c2ccc(C)cc2)ccc1B(O)O. The van der Waals surface area contributed by atoms with Crippen LogP contribution in [0.15, 0.2) is 47.4 Å². The molecule has 0 saturated carbocycles. The third-order valence-corrected chi connectivity index (χ3v) is 4.37. The summed E-state index contributed by atoms with van der Waals surface area (Å²) in [5.74, 6) is 0.0227. The normalized spacial score (nSPS) is 11.2. The number of rotatable bonds is 7. The molecule has 0 fully saturated rings. The molecule has 2 N–H and O–H groups in total. The van der Waals surface area contributed by atoms with Crippen molar-refractivity contribution in [2.75, 3.05) is 13.9 Å². The number of hydrogen-bond acceptors (Lipinski definition) is 7. The Balaban J connectivity index is 2.30. The number of hydrogen-bond donors (Lipinski definition) is 2. The number of benzene rings is 2. The highest BCUT2D eigenvalue weighted by molar-refractivity contribution is 7.87. The second-order valence-electron chi connectivity index (χ2n) is 4.97. The lowest BCUT2D eigenvalue weighted by Gasteiger charge is -2.13. The quantitative estimate of drug-likeness (QED) is 0.423. The highest BCUT2D eigenvalue weighted by atomic mass is 32.2. The largest absolute Gasteiger partial charge is 0.492 e. The zero-order chi connectivity index (χ0) is 17.7. The van der Waals surface area contributed by atoms with Crippen molar-refractivity contribution in [1.82, 2.24) is 0 Å². The third kappa shape index (κ3) is 4.48. The first-order chi connectivity index (χ1) is 11.3. The maximum atomic E-state index is 12.3. The monoisotopic (exact) mass is 352 g/mol. The molecule has 0 amide bonds. The summed E-state index contributed by atoms with van der Waals surface area (Å²) in [6.45, 7) is 1.70. The maximum Gasteiger partial charge on any atom is 0.492 e. The third-order valence-electron chi connectivity index (χ3n) is 3.11. The standard InChI is InChI=1S/C15H17BO7S/c1-11-3-6-13(7-4-11)24(19,20)23-12-5-8-14(16(17)18)15(9-12)22-10-21-2/h3-9,17-18H,10H2,1-2H3. The first-order valence-corrected chi connectivity index (χ1v) is 8.37. The van der Waals surface area contributed by atoms with Gasteiger partial charge in [-0.15, -0.1) is 0 Å². The van der Waals surface area contributed by atoms with E-state index in [9.17, 15) is 18.5 Å². The van der Waals surface area contributed by atoms with Crippen molar-refractivity contribution in [2.45, 2.75) is 11.8 Å². The molecule has 0 atom stereocenters. The molecule has 2 rings (SSSR count). The molecular weight excluding hydrogens is 335 g/mol. The van der Waals surface area contributed by atoms with Crippen LogP contribution in [0.3, 0.4) is 0 Å². The topological polar surface area (TPSA) is 102 Å². The van der Waals surface area contributed by atoms with E-state index in [-0.39, 0.29) is 28.7 Å². The summed E-state index contributed by atoms with van der Waals surface area (Å²) < 4.78 is 39.6. The minimum absolute atomic E-state index is 0.0127. The van der Waals surface area contributed by atoms with Crippen LogP contribution in [-0.4, -0.2) is 39.5 Å². The highest BCUT2D eigenvalue weighted by Crippen LogP contribution is 2.23. The Labute approximate surface area is 140 Å². The van der Waals surface area contributed by atoms with E-state index in [1.807, 2.05) is 6.92 Å². The summed E-state index contributed by atoms with van der Waals surface area (Å²) in [6, 6.07) is 10.1. The number of aryl methyl sites for hydroxylation is 1. The van der Waals surface area contributed by atoms with Gasteiger partial charge in [-0.3, -0.25) is 0 Å². The fourth-order valence-electron chi connectivity index (χ4n) is 1.91. The zero-order valence-electron chi connectivity index (χ0n) is 13.2. The second kappa shape index (κ2) is 7.67. The van der Waals surface area contributed by atoms with Gasteiger partial charge in [0.1, 0.15) is 16.4 Å². The van der Waals surface area contributed by atoms with Gasteiger partial charge in [0.25, 0.3) is 0 Å². The van der Waals surface area contributed by atoms with Gasteiger partial charge in [0, 0.05) is 18.6 Å². The van der Waals surface area contributed by atoms with Gasteiger partial charge < -0.3 is 23.7 Å². The van der Waals surface area contributed by atoms with E-state index in [4.69, 9.17) is 13.7 Å². The first-order valence-electron chi connectivity index (χ1n) is 6.96. The Morgan fingerprint density at radius 3 is 2.33 bits per heavy atom. The lowest BCUT2D eigenvalue weighted by Crippen LogP contribution is -2.31. The summed E-state index contributed by atoms with van der Waals surface area (Å²) in [5, 5.41) is 18.6. The van der Waals surface area contributed by atoms with Crippen LogP contribution in [0.25, 0.3) is 0 Å². The number of ether oxygens (including phenoxy) is 2. The molecule has 0 heterocycles. The predicted molar refractivity (Wildman–Crippen MR) is 87.8 cm³/mol. The van der Waals surface area contributed by atoms with Crippen molar-refractivity contribution in [3.63, 3.8) is 0 Å². The van der Waals surface area contributed by atoms with Crippen LogP contribution in [0.5, 0.6) is 11.5 Å². The van der Waals surface area contributed by atoms with E-state index in [1.165, 1.54) is 37.4 Å². The Bertz CT molecular complexity index is 788. The molecular formula is C15H17BO7S. The van der Waals surface area contributed by atoms with Gasteiger partial charge in [0.2, 0.25) is 0 Å². The van der Waals surface area contributed by atoms with Crippen LogP contribution < -0.4 is 14.4 Å². The fourth-order valence-corrected chi connectivity index (χ4v) is 2.83. The Kier molecular flexibility index (Phi) is 5.84. The summed E-state index contributed by atoms with van der Waals surface area (Å²) in [6.07, 6.45) is 0. The van der Waals surface area contributed by atoms with Crippen molar-refractivity contribution >= 4 is 22.7 Å². The van der Waals surface area contributed by atoms with Gasteiger partial charge in [-0.05, 0) is 25.1 Å². The molecule has 0 radical (unpaired) electrons. The van der Waals surface area contributed by atoms with Gasteiger partial charge in [0.05, 0.1) is 0 Å². The summed E-state index contributed by atoms with van der Waals surface area (Å²) >= 11 is 0. The van der Waals surface area contributed by atoms with Gasteiger partial charge in [-0.25, -0.2) is 0 Å². The molecule has 0 aromatic heterocycles. The van der Waals surface area contributed by atoms with Crippen molar-refractivity contribution in [3.8, 4) is 11.5 Å². The minimum Gasteiger partial charge on any atom is -0.468 e. The molecule has 0 bridgehead atoms. The zero-order valence-corrected chi connectivity index (χ0v) is 14.0. The van der Waals surface area contributed by atoms with E-state index < -0.39 is 17.2 Å². The van der Waals surface area contributed by atoms with E-state index in [2.05, 4.69) is 0 Å². The molecule has 24 heavy (non-hydrogen) atoms. The molecule has 7 nitrogen and oxygen atoms in total. The van der Waals surface area contributed by atoms with E-state index >= 15 is 0 Å². The molecule has 0 aliphatic carbocycles. The van der Waals surface area contributed by atoms with Crippen LogP contribution in [0.2, 0.25) is 0 Å². The van der Waals surface area contributed by atoms with Crippen LogP contribution in [0.4, 0.5) is 0 Å². The van der Waals surface area contributed by atoms with Crippen molar-refractivity contribution < 1.29 is 32.1 Å². The molecule has 0 aliphatic heterocycles. The smallest absolute Gasteiger partial charge is 0.468 e. The molecule has 2 aromatic carbocycles. The summed E-state index contributed by atoms with van der Waals surface area (Å²) in [7, 11) is -4.39. The van der Waals surface area contributed by atoms with Crippen LogP contribution in [0, 0.1) is 6.92 Å². The molecule has 2 aromatic rings. The lowest BCUT2D eigenvalue weighted by molar-refractivity contribution is 0.0516. The summed E-state index contributed by atoms with van der Waals surface area (Å²) in [4.78, 5) is 0.0127. The fraction of sp³-hybridized carbons (Fsp3) is 0.200. The predicted octanol–water partition coefficient (Wildman–Crippen LogP) is 0.425. The number of methoxy groups -OCH3 is 1. The lowest BCUT2D eigenvalue weighted by atomic mass is 9.79. The molecule has 0 unspecified atom stereocenters. The van der Waals surface area contributed by atoms with Crippen molar-refractivity contribution in [2.24, 2.45) is 0 Å². The van der Waals surface area contributed by atoms with E-state index in [1.54, 1.807) is 12.1 Å². The van der Waals surface area contributed by atoms with Crippen molar-refractivity contribution in [1.29, 1.82) is 0 Å². The van der Waals surface area contributed by atoms with Gasteiger partial charge in [-0.2, -0.15) is 8.42 Å². The Hall–Kier alpha value is -2.07. The van der Waals surface area contributed by atoms with Gasteiger partial charge in [-0.1, -0.05) is 23.8 Å². The van der Waals surface area contributed by atoms with Crippen molar-refractivity contribution in [3.05, 3.63) is 48.0 Å². The molecule has 9 heteroatoms. The highest BCUT2D eigenvalue weighted by Gasteiger charge is 2.21. The van der Waals surface area contributed by atoms with Gasteiger partial charge in [0.15, 0.2) is 6.79 Å². The maximum absolute atomic E-state index is 12.3. The Morgan fingerprint density at radius 1 is 1.08 bits per heavy atom.